The molecule has 0 heterocycles. The van der Waals surface area contributed by atoms with Crippen LogP contribution >= 0.6 is 0 Å². The molecule has 0 saturated heterocycles. The summed E-state index contributed by atoms with van der Waals surface area (Å²) in [4.78, 5) is 0. The molecule has 0 unspecified atom stereocenters. The lowest BCUT2D eigenvalue weighted by molar-refractivity contribution is -0.148. The molecular weight excluding hydrogens is 617 g/mol. The van der Waals surface area contributed by atoms with Gasteiger partial charge in [0, 0.05) is 13.2 Å². The number of hydrogen-bond acceptors (Lipinski definition) is 4. The van der Waals surface area contributed by atoms with Crippen molar-refractivity contribution < 1.29 is 18.9 Å². The third-order valence-electron chi connectivity index (χ3n) is 7.98. The molecule has 0 spiro atoms. The Labute approximate surface area is 312 Å². The minimum absolute atomic E-state index is 0.00933. The maximum atomic E-state index is 5.97. The van der Waals surface area contributed by atoms with Crippen molar-refractivity contribution in [1.82, 2.24) is 0 Å². The second-order valence-corrected chi connectivity index (χ2v) is 12.9. The molecular formula is C46H80O4. The zero-order valence-corrected chi connectivity index (χ0v) is 33.7. The summed E-state index contributed by atoms with van der Waals surface area (Å²) in [6.07, 6.45) is 40.8. The average Bonchev–Trinajstić information content (AvgIpc) is 3.13. The van der Waals surface area contributed by atoms with Gasteiger partial charge in [-0.15, -0.1) is 0 Å². The van der Waals surface area contributed by atoms with Crippen molar-refractivity contribution in [3.8, 4) is 23.7 Å². The van der Waals surface area contributed by atoms with Crippen LogP contribution in [0.25, 0.3) is 0 Å². The second-order valence-electron chi connectivity index (χ2n) is 12.9. The summed E-state index contributed by atoms with van der Waals surface area (Å²) in [5.74, 6) is 12.4. The Balaban J connectivity index is 0. The smallest absolute Gasteiger partial charge is 0.287 e. The van der Waals surface area contributed by atoms with Crippen LogP contribution in [0.3, 0.4) is 0 Å². The molecule has 0 N–H and O–H groups in total. The van der Waals surface area contributed by atoms with Crippen LogP contribution < -0.4 is 0 Å². The van der Waals surface area contributed by atoms with Crippen LogP contribution in [0, 0.1) is 23.7 Å². The van der Waals surface area contributed by atoms with Crippen LogP contribution in [0.1, 0.15) is 189 Å². The Morgan fingerprint density at radius 2 is 0.920 bits per heavy atom. The Hall–Kier alpha value is -2.40. The highest BCUT2D eigenvalue weighted by atomic mass is 16.7. The van der Waals surface area contributed by atoms with E-state index in [1.807, 2.05) is 12.2 Å². The van der Waals surface area contributed by atoms with Crippen LogP contribution in [0.2, 0.25) is 0 Å². The van der Waals surface area contributed by atoms with E-state index in [0.29, 0.717) is 19.2 Å². The molecule has 0 aromatic rings. The van der Waals surface area contributed by atoms with E-state index in [2.05, 4.69) is 77.0 Å². The van der Waals surface area contributed by atoms with E-state index < -0.39 is 0 Å². The lowest BCUT2D eigenvalue weighted by Gasteiger charge is -2.18. The molecule has 0 rings (SSSR count). The Morgan fingerprint density at radius 1 is 0.480 bits per heavy atom. The molecule has 50 heavy (non-hydrogen) atoms. The summed E-state index contributed by atoms with van der Waals surface area (Å²) in [5.41, 5.74) is 0. The highest BCUT2D eigenvalue weighted by Gasteiger charge is 2.09. The fourth-order valence-corrected chi connectivity index (χ4v) is 4.79. The van der Waals surface area contributed by atoms with Crippen molar-refractivity contribution in [1.29, 1.82) is 0 Å². The molecule has 0 aliphatic heterocycles. The van der Waals surface area contributed by atoms with Gasteiger partial charge < -0.3 is 18.9 Å². The maximum absolute atomic E-state index is 5.97. The Morgan fingerprint density at radius 3 is 1.42 bits per heavy atom. The Bertz CT molecular complexity index is 871. The normalized spacial score (nSPS) is 10.7. The quantitative estimate of drug-likeness (QED) is 0.0296. The van der Waals surface area contributed by atoms with Crippen molar-refractivity contribution in [2.45, 2.75) is 195 Å². The number of unbranched alkanes of at least 4 members (excludes halogenated alkanes) is 17. The van der Waals surface area contributed by atoms with E-state index in [4.69, 9.17) is 18.9 Å². The molecule has 0 aromatic carbocycles. The fraction of sp³-hybridized carbons (Fsp3) is 0.739. The van der Waals surface area contributed by atoms with Gasteiger partial charge in [0.2, 0.25) is 0 Å². The Kier molecular flexibility index (Phi) is 46.3. The molecule has 4 heteroatoms. The fourth-order valence-electron chi connectivity index (χ4n) is 4.79. The highest BCUT2D eigenvalue weighted by molar-refractivity contribution is 5.24. The molecule has 0 bridgehead atoms. The predicted molar refractivity (Wildman–Crippen MR) is 219 cm³/mol. The molecule has 0 fully saturated rings. The first-order valence-corrected chi connectivity index (χ1v) is 20.8. The van der Waals surface area contributed by atoms with E-state index >= 15 is 0 Å². The molecule has 0 radical (unpaired) electrons. The number of hydrogen-bond donors (Lipinski definition) is 0. The molecule has 0 aromatic heterocycles. The predicted octanol–water partition coefficient (Wildman–Crippen LogP) is 14.0. The zero-order valence-electron chi connectivity index (χ0n) is 33.7. The van der Waals surface area contributed by atoms with Gasteiger partial charge in [-0.05, 0) is 82.4 Å². The first-order chi connectivity index (χ1) is 24.7. The van der Waals surface area contributed by atoms with Crippen molar-refractivity contribution in [2.24, 2.45) is 0 Å². The largest absolute Gasteiger partial charge is 0.465 e. The van der Waals surface area contributed by atoms with Crippen molar-refractivity contribution >= 4 is 0 Å². The summed E-state index contributed by atoms with van der Waals surface area (Å²) >= 11 is 0. The van der Waals surface area contributed by atoms with Crippen molar-refractivity contribution in [3.05, 3.63) is 49.0 Å². The first-order valence-electron chi connectivity index (χ1n) is 20.8. The summed E-state index contributed by atoms with van der Waals surface area (Å²) in [7, 11) is 0. The van der Waals surface area contributed by atoms with E-state index in [1.165, 1.54) is 96.3 Å². The van der Waals surface area contributed by atoms with E-state index in [-0.39, 0.29) is 6.29 Å². The van der Waals surface area contributed by atoms with E-state index in [1.54, 1.807) is 12.2 Å². The van der Waals surface area contributed by atoms with Gasteiger partial charge in [0.1, 0.15) is 0 Å². The van der Waals surface area contributed by atoms with Crippen LogP contribution in [-0.2, 0) is 18.9 Å². The lowest BCUT2D eigenvalue weighted by atomic mass is 10.1. The molecule has 4 nitrogen and oxygen atoms in total. The summed E-state index contributed by atoms with van der Waals surface area (Å²) < 4.78 is 23.2. The lowest BCUT2D eigenvalue weighted by Crippen LogP contribution is -2.19. The molecule has 0 atom stereocenters. The van der Waals surface area contributed by atoms with Gasteiger partial charge in [0.25, 0.3) is 5.95 Å². The zero-order chi connectivity index (χ0) is 36.9. The summed E-state index contributed by atoms with van der Waals surface area (Å²) in [6.45, 7) is 17.7. The third kappa shape index (κ3) is 43.6. The topological polar surface area (TPSA) is 36.9 Å². The van der Waals surface area contributed by atoms with Crippen LogP contribution in [0.15, 0.2) is 49.0 Å². The molecule has 288 valence electrons. The molecule has 0 aliphatic carbocycles. The minimum atomic E-state index is 0.00933. The number of rotatable bonds is 33. The third-order valence-corrected chi connectivity index (χ3v) is 7.98. The second kappa shape index (κ2) is 46.6. The highest BCUT2D eigenvalue weighted by Crippen LogP contribution is 2.13. The van der Waals surface area contributed by atoms with Gasteiger partial charge in [0.15, 0.2) is 6.29 Å². The minimum Gasteiger partial charge on any atom is -0.465 e. The average molecular weight is 697 g/mol. The van der Waals surface area contributed by atoms with E-state index in [0.717, 1.165) is 71.0 Å². The van der Waals surface area contributed by atoms with Crippen LogP contribution in [0.4, 0.5) is 0 Å². The van der Waals surface area contributed by atoms with Gasteiger partial charge in [-0.3, -0.25) is 0 Å². The maximum Gasteiger partial charge on any atom is 0.287 e. The standard InChI is InChI=1S/C24H42O2.C22H38O2/c1-4-7-10-11-12-13-14-15-16-17-18-21-24(25-22-19-8-5-2)26-23-20-9-6-3;1-4-7-10-11-12-13-14-15-16-17-18-19-22(23-20-8-5-2)24-21-9-6-3/h4,11-12,24H,1,5-6,8-9,13-23H2,2-3H3;15-16,19H,4-14,20-21H2,1-3H3/b12-11-;16-15-. The molecule has 0 saturated carbocycles. The van der Waals surface area contributed by atoms with Gasteiger partial charge in [-0.25, -0.2) is 0 Å². The van der Waals surface area contributed by atoms with Gasteiger partial charge in [-0.2, -0.15) is 0 Å². The molecule has 0 aliphatic rings. The van der Waals surface area contributed by atoms with Crippen LogP contribution in [-0.4, -0.2) is 32.7 Å². The van der Waals surface area contributed by atoms with Crippen LogP contribution in [0.5, 0.6) is 0 Å². The van der Waals surface area contributed by atoms with Gasteiger partial charge in [0.05, 0.1) is 19.3 Å². The number of ether oxygens (including phenoxy) is 4. The SMILES string of the molecule is C=CC#C/C=C\CCCCCCCC(OCCCCC)OCCCCC.CCCCCCCC/C=C\C#CC=C(OCCCC)OCCCC. The van der Waals surface area contributed by atoms with Gasteiger partial charge in [-0.1, -0.05) is 167 Å². The van der Waals surface area contributed by atoms with Gasteiger partial charge >= 0.3 is 0 Å². The number of allylic oxidation sites excluding steroid dienone is 6. The van der Waals surface area contributed by atoms with E-state index in [9.17, 15) is 0 Å². The van der Waals surface area contributed by atoms with Crippen molar-refractivity contribution in [3.63, 3.8) is 0 Å². The summed E-state index contributed by atoms with van der Waals surface area (Å²) in [6, 6.07) is 0. The molecule has 0 amide bonds. The summed E-state index contributed by atoms with van der Waals surface area (Å²) in [5, 5.41) is 0. The first kappa shape index (κ1) is 49.7. The monoisotopic (exact) mass is 697 g/mol. The van der Waals surface area contributed by atoms with Crippen molar-refractivity contribution in [2.75, 3.05) is 26.4 Å².